The summed E-state index contributed by atoms with van der Waals surface area (Å²) >= 11 is 6.41. The van der Waals surface area contributed by atoms with Gasteiger partial charge in [-0.05, 0) is 54.4 Å². The van der Waals surface area contributed by atoms with Crippen LogP contribution in [0.25, 0.3) is 16.8 Å². The van der Waals surface area contributed by atoms with Crippen molar-refractivity contribution < 1.29 is 26.8 Å². The minimum absolute atomic E-state index is 0.0964. The number of hydrogen-bond acceptors (Lipinski definition) is 6. The third kappa shape index (κ3) is 7.37. The highest BCUT2D eigenvalue weighted by molar-refractivity contribution is 7.90. The molecular formula is C34H30ClF2N5O5S. The average molecular weight is 694 g/mol. The zero-order valence-corrected chi connectivity index (χ0v) is 27.4. The molecular weight excluding hydrogens is 664 g/mol. The van der Waals surface area contributed by atoms with E-state index < -0.39 is 38.8 Å². The molecule has 10 nitrogen and oxygen atoms in total. The van der Waals surface area contributed by atoms with Crippen LogP contribution in [-0.4, -0.2) is 34.6 Å². The predicted molar refractivity (Wildman–Crippen MR) is 178 cm³/mol. The van der Waals surface area contributed by atoms with Gasteiger partial charge in [0.05, 0.1) is 27.7 Å². The van der Waals surface area contributed by atoms with Crippen molar-refractivity contribution in [2.45, 2.75) is 44.6 Å². The quantitative estimate of drug-likeness (QED) is 0.172. The van der Waals surface area contributed by atoms with E-state index in [0.29, 0.717) is 24.4 Å². The van der Waals surface area contributed by atoms with Gasteiger partial charge in [0.1, 0.15) is 17.5 Å². The first-order chi connectivity index (χ1) is 22.9. The monoisotopic (exact) mass is 693 g/mol. The van der Waals surface area contributed by atoms with E-state index in [1.165, 1.54) is 66.1 Å². The molecule has 0 saturated carbocycles. The normalized spacial score (nSPS) is 11.4. The minimum atomic E-state index is -4.51. The molecule has 14 heteroatoms. The van der Waals surface area contributed by atoms with Gasteiger partial charge in [-0.1, -0.05) is 67.4 Å². The highest BCUT2D eigenvalue weighted by atomic mass is 35.5. The van der Waals surface area contributed by atoms with Gasteiger partial charge in [-0.25, -0.2) is 26.7 Å². The third-order valence-corrected chi connectivity index (χ3v) is 9.11. The Bertz CT molecular complexity index is 2200. The molecule has 5 aromatic rings. The fourth-order valence-electron chi connectivity index (χ4n) is 5.06. The number of aromatic nitrogens is 3. The van der Waals surface area contributed by atoms with E-state index in [1.807, 2.05) is 11.6 Å². The van der Waals surface area contributed by atoms with Gasteiger partial charge in [0, 0.05) is 30.2 Å². The number of rotatable bonds is 11. The summed E-state index contributed by atoms with van der Waals surface area (Å²) in [6.45, 7) is 3.14. The number of unbranched alkanes of at least 4 members (excludes halogenated alkanes) is 1. The Hall–Kier alpha value is -5.14. The highest BCUT2D eigenvalue weighted by Crippen LogP contribution is 2.29. The number of benzene rings is 4. The van der Waals surface area contributed by atoms with E-state index in [4.69, 9.17) is 11.6 Å². The second-order valence-corrected chi connectivity index (χ2v) is 12.9. The number of aryl methyl sites for hydroxylation is 1. The van der Waals surface area contributed by atoms with E-state index in [1.54, 1.807) is 12.1 Å². The van der Waals surface area contributed by atoms with Crippen LogP contribution in [-0.2, 0) is 27.8 Å². The Morgan fingerprint density at radius 3 is 2.38 bits per heavy atom. The van der Waals surface area contributed by atoms with Gasteiger partial charge in [0.15, 0.2) is 0 Å². The zero-order valence-electron chi connectivity index (χ0n) is 25.8. The summed E-state index contributed by atoms with van der Waals surface area (Å²) in [4.78, 5) is 37.6. The topological polar surface area (TPSA) is 132 Å². The average Bonchev–Trinajstić information content (AvgIpc) is 3.35. The lowest BCUT2D eigenvalue weighted by Crippen LogP contribution is -2.31. The summed E-state index contributed by atoms with van der Waals surface area (Å²) in [6.07, 6.45) is 1.94. The van der Waals surface area contributed by atoms with Gasteiger partial charge >= 0.3 is 5.69 Å². The van der Waals surface area contributed by atoms with Crippen molar-refractivity contribution in [3.63, 3.8) is 0 Å². The van der Waals surface area contributed by atoms with Crippen LogP contribution in [0.3, 0.4) is 0 Å². The first-order valence-corrected chi connectivity index (χ1v) is 16.7. The van der Waals surface area contributed by atoms with Crippen LogP contribution in [0.1, 0.15) is 48.4 Å². The Labute approximate surface area is 280 Å². The summed E-state index contributed by atoms with van der Waals surface area (Å²) in [7, 11) is -4.51. The molecule has 0 aliphatic rings. The van der Waals surface area contributed by atoms with Crippen molar-refractivity contribution in [2.24, 2.45) is 0 Å². The number of carbonyl (C=O) groups is 2. The maximum Gasteiger partial charge on any atom is 0.351 e. The number of carbonyl (C=O) groups excluding carboxylic acids is 2. The van der Waals surface area contributed by atoms with Crippen molar-refractivity contribution in [3.05, 3.63) is 129 Å². The van der Waals surface area contributed by atoms with Gasteiger partial charge in [0.25, 0.3) is 15.9 Å². The first-order valence-electron chi connectivity index (χ1n) is 14.9. The van der Waals surface area contributed by atoms with Crippen LogP contribution in [0, 0.1) is 11.6 Å². The standard InChI is InChI=1S/C34H30ClF2N5O5S/c1-3-4-13-32-39-42(30-19-24(38-21(2)43)16-17-27(30)35)34(45)41(32)20-23-15-14-22(18-29(23)37)25-9-6-8-12-31(25)48(46,47)40-33(44)26-10-5-7-11-28(26)36/h5-12,14-19H,3-4,13,20H2,1-2H3,(H,38,43)(H,40,44). The van der Waals surface area contributed by atoms with Crippen molar-refractivity contribution in [3.8, 4) is 16.8 Å². The molecule has 0 bridgehead atoms. The Morgan fingerprint density at radius 1 is 0.938 bits per heavy atom. The lowest BCUT2D eigenvalue weighted by atomic mass is 10.0. The second kappa shape index (κ2) is 14.3. The van der Waals surface area contributed by atoms with Gasteiger partial charge in [-0.3, -0.25) is 14.2 Å². The van der Waals surface area contributed by atoms with Crippen LogP contribution < -0.4 is 15.7 Å². The number of anilines is 1. The van der Waals surface area contributed by atoms with E-state index in [0.717, 1.165) is 29.3 Å². The second-order valence-electron chi connectivity index (χ2n) is 10.9. The molecule has 0 fully saturated rings. The van der Waals surface area contributed by atoms with Gasteiger partial charge in [-0.2, -0.15) is 4.68 Å². The van der Waals surface area contributed by atoms with Crippen LogP contribution >= 0.6 is 11.6 Å². The van der Waals surface area contributed by atoms with Crippen molar-refractivity contribution >= 4 is 39.1 Å². The van der Waals surface area contributed by atoms with E-state index >= 15 is 4.39 Å². The summed E-state index contributed by atoms with van der Waals surface area (Å²) in [5, 5.41) is 7.36. The van der Waals surface area contributed by atoms with Crippen molar-refractivity contribution in [2.75, 3.05) is 5.32 Å². The summed E-state index contributed by atoms with van der Waals surface area (Å²) in [5.74, 6) is -2.68. The summed E-state index contributed by atoms with van der Waals surface area (Å²) in [5.41, 5.74) is 0.0336. The van der Waals surface area contributed by atoms with E-state index in [9.17, 15) is 27.2 Å². The van der Waals surface area contributed by atoms with E-state index in [-0.39, 0.29) is 44.7 Å². The lowest BCUT2D eigenvalue weighted by Gasteiger charge is -2.13. The molecule has 0 radical (unpaired) electrons. The lowest BCUT2D eigenvalue weighted by molar-refractivity contribution is -0.114. The molecule has 48 heavy (non-hydrogen) atoms. The Balaban J connectivity index is 1.48. The molecule has 1 heterocycles. The van der Waals surface area contributed by atoms with Crippen molar-refractivity contribution in [1.82, 2.24) is 19.1 Å². The summed E-state index contributed by atoms with van der Waals surface area (Å²) in [6, 6.07) is 19.4. The number of halogens is 3. The molecule has 0 aliphatic carbocycles. The largest absolute Gasteiger partial charge is 0.351 e. The van der Waals surface area contributed by atoms with Gasteiger partial charge in [0.2, 0.25) is 5.91 Å². The number of nitrogens with one attached hydrogen (secondary N) is 2. The molecule has 0 atom stereocenters. The van der Waals surface area contributed by atoms with Gasteiger partial charge in [-0.15, -0.1) is 5.10 Å². The molecule has 0 unspecified atom stereocenters. The molecule has 4 aromatic carbocycles. The predicted octanol–water partition coefficient (Wildman–Crippen LogP) is 6.10. The molecule has 1 aromatic heterocycles. The Kier molecular flexibility index (Phi) is 10.2. The smallest absolute Gasteiger partial charge is 0.326 e. The number of hydrogen-bond donors (Lipinski definition) is 2. The molecule has 0 saturated heterocycles. The molecule has 0 spiro atoms. The van der Waals surface area contributed by atoms with Crippen LogP contribution in [0.4, 0.5) is 14.5 Å². The fraction of sp³-hybridized carbons (Fsp3) is 0.176. The maximum absolute atomic E-state index is 15.7. The molecule has 0 aliphatic heterocycles. The summed E-state index contributed by atoms with van der Waals surface area (Å²) < 4.78 is 60.7. The molecule has 2 amide bonds. The SMILES string of the molecule is CCCCc1nn(-c2cc(NC(C)=O)ccc2Cl)c(=O)n1Cc1ccc(-c2ccccc2S(=O)(=O)NC(=O)c2ccccc2F)cc1F. The zero-order chi connectivity index (χ0) is 34.6. The molecule has 5 rings (SSSR count). The minimum Gasteiger partial charge on any atom is -0.326 e. The third-order valence-electron chi connectivity index (χ3n) is 7.40. The number of amides is 2. The van der Waals surface area contributed by atoms with Crippen LogP contribution in [0.2, 0.25) is 5.02 Å². The van der Waals surface area contributed by atoms with Crippen LogP contribution in [0.5, 0.6) is 0 Å². The van der Waals surface area contributed by atoms with Crippen LogP contribution in [0.15, 0.2) is 94.6 Å². The first kappa shape index (κ1) is 34.2. The number of nitrogens with zero attached hydrogens (tertiary/aromatic N) is 3. The molecule has 248 valence electrons. The van der Waals surface area contributed by atoms with Crippen molar-refractivity contribution in [1.29, 1.82) is 0 Å². The molecule has 2 N–H and O–H groups in total. The van der Waals surface area contributed by atoms with E-state index in [2.05, 4.69) is 10.4 Å². The fourth-order valence-corrected chi connectivity index (χ4v) is 6.45. The highest BCUT2D eigenvalue weighted by Gasteiger charge is 2.25. The van der Waals surface area contributed by atoms with Gasteiger partial charge < -0.3 is 5.32 Å². The Morgan fingerprint density at radius 2 is 1.67 bits per heavy atom. The maximum atomic E-state index is 15.7. The number of sulfonamides is 1.